The van der Waals surface area contributed by atoms with Gasteiger partial charge >= 0.3 is 0 Å². The third-order valence-electron chi connectivity index (χ3n) is 7.08. The van der Waals surface area contributed by atoms with Gasteiger partial charge in [-0.2, -0.15) is 0 Å². The first-order valence-electron chi connectivity index (χ1n) is 12.7. The average Bonchev–Trinajstić information content (AvgIpc) is 2.88. The van der Waals surface area contributed by atoms with Crippen molar-refractivity contribution in [1.82, 2.24) is 9.80 Å². The predicted molar refractivity (Wildman–Crippen MR) is 148 cm³/mol. The van der Waals surface area contributed by atoms with Crippen LogP contribution in [0.4, 0.5) is 17.1 Å². The van der Waals surface area contributed by atoms with Crippen LogP contribution in [0.25, 0.3) is 0 Å². The molecule has 2 aliphatic heterocycles. The zero-order valence-corrected chi connectivity index (χ0v) is 22.4. The molecule has 9 nitrogen and oxygen atoms in total. The van der Waals surface area contributed by atoms with Gasteiger partial charge in [0.15, 0.2) is 5.78 Å². The number of halogens is 1. The molecule has 0 radical (unpaired) electrons. The van der Waals surface area contributed by atoms with E-state index in [1.54, 1.807) is 11.0 Å². The number of benzene rings is 2. The Morgan fingerprint density at radius 1 is 0.973 bits per heavy atom. The Labute approximate surface area is 224 Å². The molecule has 0 saturated carbocycles. The molecule has 0 bridgehead atoms. The van der Waals surface area contributed by atoms with Gasteiger partial charge in [-0.15, -0.1) is 12.4 Å². The van der Waals surface area contributed by atoms with Gasteiger partial charge in [0.05, 0.1) is 10.6 Å². The van der Waals surface area contributed by atoms with E-state index in [0.717, 1.165) is 52.1 Å². The highest BCUT2D eigenvalue weighted by Crippen LogP contribution is 2.35. The number of carbonyl (C=O) groups excluding carboxylic acids is 2. The Bertz CT molecular complexity index is 1090. The molecule has 200 valence electrons. The Kier molecular flexibility index (Phi) is 10.0. The molecule has 2 aromatic rings. The van der Waals surface area contributed by atoms with Crippen LogP contribution in [-0.4, -0.2) is 86.3 Å². The van der Waals surface area contributed by atoms with Gasteiger partial charge in [-0.3, -0.25) is 24.6 Å². The minimum atomic E-state index is -0.788. The van der Waals surface area contributed by atoms with E-state index in [1.165, 1.54) is 17.8 Å². The van der Waals surface area contributed by atoms with E-state index in [1.807, 2.05) is 25.1 Å². The van der Waals surface area contributed by atoms with Gasteiger partial charge in [-0.25, -0.2) is 0 Å². The number of hydrogen-bond acceptors (Lipinski definition) is 7. The van der Waals surface area contributed by atoms with Gasteiger partial charge in [0, 0.05) is 56.1 Å². The summed E-state index contributed by atoms with van der Waals surface area (Å²) in [7, 11) is 3.95. The summed E-state index contributed by atoms with van der Waals surface area (Å²) in [6, 6.07) is 14.6. The first-order chi connectivity index (χ1) is 17.3. The minimum Gasteiger partial charge on any atom is -0.369 e. The lowest BCUT2D eigenvalue weighted by atomic mass is 9.86. The van der Waals surface area contributed by atoms with Crippen molar-refractivity contribution in [3.8, 4) is 0 Å². The van der Waals surface area contributed by atoms with Crippen LogP contribution >= 0.6 is 12.4 Å². The Morgan fingerprint density at radius 3 is 2.32 bits per heavy atom. The number of amides is 1. The van der Waals surface area contributed by atoms with Crippen LogP contribution in [0, 0.1) is 16.0 Å². The highest BCUT2D eigenvalue weighted by molar-refractivity contribution is 6.21. The van der Waals surface area contributed by atoms with Crippen molar-refractivity contribution in [2.45, 2.75) is 19.3 Å². The number of Topliss-reactive ketones (excluding diaryl/α,β-unsaturated/α-hetero) is 1. The fraction of sp³-hybridized carbons (Fsp3) is 0.481. The van der Waals surface area contributed by atoms with Crippen molar-refractivity contribution >= 4 is 41.2 Å². The highest BCUT2D eigenvalue weighted by atomic mass is 35.5. The summed E-state index contributed by atoms with van der Waals surface area (Å²) >= 11 is 0. The van der Waals surface area contributed by atoms with Gasteiger partial charge in [0.1, 0.15) is 5.92 Å². The van der Waals surface area contributed by atoms with Gasteiger partial charge in [-0.1, -0.05) is 18.2 Å². The fourth-order valence-electron chi connectivity index (χ4n) is 5.09. The number of nitro groups is 1. The first kappa shape index (κ1) is 28.6. The lowest BCUT2D eigenvalue weighted by Crippen LogP contribution is -2.47. The van der Waals surface area contributed by atoms with E-state index in [9.17, 15) is 19.7 Å². The third kappa shape index (κ3) is 6.85. The lowest BCUT2D eigenvalue weighted by Gasteiger charge is -2.36. The van der Waals surface area contributed by atoms with Crippen molar-refractivity contribution < 1.29 is 14.5 Å². The number of non-ortho nitro benzene ring substituents is 1. The molecule has 10 heteroatoms. The quantitative estimate of drug-likeness (QED) is 0.263. The van der Waals surface area contributed by atoms with Crippen molar-refractivity contribution in [1.29, 1.82) is 0 Å². The van der Waals surface area contributed by atoms with Crippen LogP contribution in [0.15, 0.2) is 48.5 Å². The Morgan fingerprint density at radius 2 is 1.68 bits per heavy atom. The molecule has 37 heavy (non-hydrogen) atoms. The minimum absolute atomic E-state index is 0. The average molecular weight is 530 g/mol. The molecule has 0 spiro atoms. The number of nitro benzene ring substituents is 1. The van der Waals surface area contributed by atoms with Crippen LogP contribution in [0.3, 0.4) is 0 Å². The molecule has 2 heterocycles. The number of nitrogens with zero attached hydrogens (tertiary/aromatic N) is 5. The number of para-hydroxylation sites is 1. The van der Waals surface area contributed by atoms with Crippen LogP contribution in [0.1, 0.15) is 29.6 Å². The van der Waals surface area contributed by atoms with E-state index in [0.29, 0.717) is 18.7 Å². The molecule has 0 aliphatic carbocycles. The molecule has 1 fully saturated rings. The maximum absolute atomic E-state index is 13.4. The largest absolute Gasteiger partial charge is 0.369 e. The van der Waals surface area contributed by atoms with Gasteiger partial charge < -0.3 is 14.7 Å². The number of ketones is 1. The first-order valence-corrected chi connectivity index (χ1v) is 12.7. The van der Waals surface area contributed by atoms with Crippen LogP contribution in [0.2, 0.25) is 0 Å². The summed E-state index contributed by atoms with van der Waals surface area (Å²) in [5.74, 6) is -1.27. The summed E-state index contributed by atoms with van der Waals surface area (Å²) in [5.41, 5.74) is 1.88. The molecule has 0 N–H and O–H groups in total. The van der Waals surface area contributed by atoms with E-state index in [4.69, 9.17) is 0 Å². The van der Waals surface area contributed by atoms with E-state index < -0.39 is 10.8 Å². The van der Waals surface area contributed by atoms with E-state index in [2.05, 4.69) is 34.1 Å². The van der Waals surface area contributed by atoms with Crippen molar-refractivity contribution in [2.24, 2.45) is 5.92 Å². The molecule has 1 atom stereocenters. The summed E-state index contributed by atoms with van der Waals surface area (Å²) in [5, 5.41) is 11.3. The SMILES string of the molecule is CN(C)CCCN1C(=O)C(CCCN2CCN(c3ccccc3)CC2)C(=O)c2cc([N+](=O)[O-])ccc21.Cl. The molecule has 2 aliphatic rings. The van der Waals surface area contributed by atoms with Crippen LogP contribution < -0.4 is 9.80 Å². The summed E-state index contributed by atoms with van der Waals surface area (Å²) in [4.78, 5) is 46.0. The maximum Gasteiger partial charge on any atom is 0.270 e. The molecule has 1 unspecified atom stereocenters. The molecular weight excluding hydrogens is 494 g/mol. The van der Waals surface area contributed by atoms with Gasteiger partial charge in [-0.05, 0) is 64.6 Å². The van der Waals surface area contributed by atoms with Crippen molar-refractivity contribution in [3.05, 3.63) is 64.2 Å². The Hall–Kier alpha value is -3.01. The molecule has 1 saturated heterocycles. The summed E-state index contributed by atoms with van der Waals surface area (Å²) in [6.45, 7) is 5.87. The standard InChI is InChI=1S/C27H35N5O4.ClH/c1-28(2)13-7-15-31-25-12-11-22(32(35)36)20-24(25)26(33)23(27(31)34)10-6-14-29-16-18-30(19-17-29)21-8-4-3-5-9-21;/h3-5,8-9,11-12,20,23H,6-7,10,13-19H2,1-2H3;1H. The van der Waals surface area contributed by atoms with Crippen molar-refractivity contribution in [2.75, 3.05) is 69.7 Å². The highest BCUT2D eigenvalue weighted by Gasteiger charge is 2.39. The van der Waals surface area contributed by atoms with Crippen molar-refractivity contribution in [3.63, 3.8) is 0 Å². The summed E-state index contributed by atoms with van der Waals surface area (Å²) in [6.07, 6.45) is 1.92. The van der Waals surface area contributed by atoms with E-state index in [-0.39, 0.29) is 35.3 Å². The zero-order chi connectivity index (χ0) is 25.7. The molecule has 4 rings (SSSR count). The number of fused-ring (bicyclic) bond motifs is 1. The normalized spacial score (nSPS) is 18.1. The zero-order valence-electron chi connectivity index (χ0n) is 21.5. The third-order valence-corrected chi connectivity index (χ3v) is 7.08. The molecular formula is C27H36ClN5O4. The maximum atomic E-state index is 13.4. The van der Waals surface area contributed by atoms with Crippen LogP contribution in [0.5, 0.6) is 0 Å². The van der Waals surface area contributed by atoms with Gasteiger partial charge in [0.2, 0.25) is 5.91 Å². The Balaban J connectivity index is 0.00000380. The topological polar surface area (TPSA) is 90.2 Å². The predicted octanol–water partition coefficient (Wildman–Crippen LogP) is 3.72. The lowest BCUT2D eigenvalue weighted by molar-refractivity contribution is -0.384. The van der Waals surface area contributed by atoms with Gasteiger partial charge in [0.25, 0.3) is 5.69 Å². The molecule has 2 aromatic carbocycles. The number of piperazine rings is 1. The number of rotatable bonds is 10. The second-order valence-corrected chi connectivity index (χ2v) is 9.83. The van der Waals surface area contributed by atoms with E-state index >= 15 is 0 Å². The second-order valence-electron chi connectivity index (χ2n) is 9.83. The molecule has 1 amide bonds. The number of anilines is 2. The summed E-state index contributed by atoms with van der Waals surface area (Å²) < 4.78 is 0. The number of carbonyl (C=O) groups is 2. The van der Waals surface area contributed by atoms with Crippen LogP contribution in [-0.2, 0) is 4.79 Å². The fourth-order valence-corrected chi connectivity index (χ4v) is 5.09. The monoisotopic (exact) mass is 529 g/mol. The smallest absolute Gasteiger partial charge is 0.270 e. The number of hydrogen-bond donors (Lipinski definition) is 0. The molecule has 0 aromatic heterocycles. The second kappa shape index (κ2) is 13.0.